The van der Waals surface area contributed by atoms with Gasteiger partial charge in [0.25, 0.3) is 5.91 Å². The van der Waals surface area contributed by atoms with Crippen LogP contribution in [0, 0.1) is 11.7 Å². The van der Waals surface area contributed by atoms with Crippen molar-refractivity contribution in [3.05, 3.63) is 78.1 Å². The number of carbonyl (C=O) groups is 1. The number of para-hydroxylation sites is 1. The van der Waals surface area contributed by atoms with Gasteiger partial charge in [-0.15, -0.1) is 0 Å². The van der Waals surface area contributed by atoms with Crippen LogP contribution in [0.4, 0.5) is 4.39 Å². The highest BCUT2D eigenvalue weighted by atomic mass is 19.1. The maximum atomic E-state index is 13.0. The van der Waals surface area contributed by atoms with Crippen molar-refractivity contribution < 1.29 is 9.18 Å². The Morgan fingerprint density at radius 2 is 1.81 bits per heavy atom. The fourth-order valence-corrected chi connectivity index (χ4v) is 3.65. The smallest absolute Gasteiger partial charge is 0.256 e. The minimum atomic E-state index is -0.204. The van der Waals surface area contributed by atoms with E-state index < -0.39 is 0 Å². The molecule has 6 heteroatoms. The second kappa shape index (κ2) is 7.70. The third-order valence-corrected chi connectivity index (χ3v) is 5.14. The Kier molecular flexibility index (Phi) is 4.96. The molecule has 0 unspecified atom stereocenters. The van der Waals surface area contributed by atoms with Crippen LogP contribution >= 0.6 is 0 Å². The molecule has 2 heterocycles. The fraction of sp³-hybridized carbons (Fsp3) is 0.286. The summed E-state index contributed by atoms with van der Waals surface area (Å²) in [5.41, 5.74) is 2.53. The molecule has 0 saturated carbocycles. The molecule has 1 fully saturated rings. The van der Waals surface area contributed by atoms with Crippen LogP contribution in [0.25, 0.3) is 5.69 Å². The molecule has 1 aliphatic rings. The van der Waals surface area contributed by atoms with Crippen molar-refractivity contribution in [2.75, 3.05) is 13.1 Å². The maximum absolute atomic E-state index is 13.0. The Hall–Kier alpha value is -3.02. The van der Waals surface area contributed by atoms with Crippen molar-refractivity contribution in [3.63, 3.8) is 0 Å². The Bertz CT molecular complexity index is 900. The van der Waals surface area contributed by atoms with Gasteiger partial charge in [-0.25, -0.2) is 14.1 Å². The summed E-state index contributed by atoms with van der Waals surface area (Å²) in [4.78, 5) is 18.9. The largest absolute Gasteiger partial charge is 0.339 e. The van der Waals surface area contributed by atoms with E-state index in [2.05, 4.69) is 10.1 Å². The van der Waals surface area contributed by atoms with Gasteiger partial charge in [-0.1, -0.05) is 24.3 Å². The number of rotatable bonds is 4. The van der Waals surface area contributed by atoms with Crippen molar-refractivity contribution in [1.29, 1.82) is 0 Å². The molecule has 0 bridgehead atoms. The number of aromatic nitrogens is 3. The maximum Gasteiger partial charge on any atom is 0.256 e. The number of carbonyl (C=O) groups excluding carboxylic acids is 1. The second-order valence-electron chi connectivity index (χ2n) is 6.92. The van der Waals surface area contributed by atoms with E-state index in [4.69, 9.17) is 0 Å². The zero-order chi connectivity index (χ0) is 18.6. The van der Waals surface area contributed by atoms with Gasteiger partial charge < -0.3 is 4.90 Å². The van der Waals surface area contributed by atoms with Crippen LogP contribution in [0.3, 0.4) is 0 Å². The Morgan fingerprint density at radius 1 is 1.07 bits per heavy atom. The van der Waals surface area contributed by atoms with Crippen LogP contribution in [0.1, 0.15) is 28.8 Å². The van der Waals surface area contributed by atoms with Crippen molar-refractivity contribution >= 4 is 5.91 Å². The first-order chi connectivity index (χ1) is 13.2. The summed E-state index contributed by atoms with van der Waals surface area (Å²) >= 11 is 0. The van der Waals surface area contributed by atoms with Gasteiger partial charge in [0.2, 0.25) is 0 Å². The van der Waals surface area contributed by atoms with Gasteiger partial charge in [0.05, 0.1) is 11.3 Å². The summed E-state index contributed by atoms with van der Waals surface area (Å²) in [6, 6.07) is 14.2. The molecular weight excluding hydrogens is 343 g/mol. The average molecular weight is 364 g/mol. The fourth-order valence-electron chi connectivity index (χ4n) is 3.65. The molecule has 2 aromatic carbocycles. The van der Waals surface area contributed by atoms with Gasteiger partial charge >= 0.3 is 0 Å². The third kappa shape index (κ3) is 3.89. The number of hydrogen-bond donors (Lipinski definition) is 0. The van der Waals surface area contributed by atoms with E-state index in [-0.39, 0.29) is 11.7 Å². The second-order valence-corrected chi connectivity index (χ2v) is 6.92. The first kappa shape index (κ1) is 17.4. The van der Waals surface area contributed by atoms with Crippen molar-refractivity contribution in [2.24, 2.45) is 5.92 Å². The van der Waals surface area contributed by atoms with E-state index in [0.29, 0.717) is 11.5 Å². The zero-order valence-corrected chi connectivity index (χ0v) is 15.0. The lowest BCUT2D eigenvalue weighted by molar-refractivity contribution is 0.0690. The minimum absolute atomic E-state index is 0.0290. The van der Waals surface area contributed by atoms with Gasteiger partial charge in [-0.3, -0.25) is 4.79 Å². The molecule has 0 radical (unpaired) electrons. The molecule has 1 amide bonds. The lowest BCUT2D eigenvalue weighted by atomic mass is 9.90. The first-order valence-electron chi connectivity index (χ1n) is 9.18. The summed E-state index contributed by atoms with van der Waals surface area (Å²) in [5.74, 6) is 0.344. The molecule has 0 aliphatic carbocycles. The highest BCUT2D eigenvalue weighted by molar-refractivity contribution is 5.97. The summed E-state index contributed by atoms with van der Waals surface area (Å²) in [7, 11) is 0. The van der Waals surface area contributed by atoms with Crippen LogP contribution in [-0.4, -0.2) is 38.7 Å². The van der Waals surface area contributed by atoms with Crippen molar-refractivity contribution in [1.82, 2.24) is 19.7 Å². The van der Waals surface area contributed by atoms with E-state index in [1.807, 2.05) is 41.3 Å². The van der Waals surface area contributed by atoms with Crippen LogP contribution in [-0.2, 0) is 6.42 Å². The molecule has 138 valence electrons. The number of nitrogens with zero attached hydrogens (tertiary/aromatic N) is 4. The monoisotopic (exact) mass is 364 g/mol. The number of halogens is 1. The van der Waals surface area contributed by atoms with Gasteiger partial charge in [-0.05, 0) is 55.0 Å². The summed E-state index contributed by atoms with van der Waals surface area (Å²) in [6.45, 7) is 1.47. The molecule has 5 nitrogen and oxygen atoms in total. The van der Waals surface area contributed by atoms with Crippen LogP contribution in [0.2, 0.25) is 0 Å². The van der Waals surface area contributed by atoms with Crippen molar-refractivity contribution in [2.45, 2.75) is 19.3 Å². The molecule has 0 atom stereocenters. The summed E-state index contributed by atoms with van der Waals surface area (Å²) in [5, 5.41) is 4.15. The summed E-state index contributed by atoms with van der Waals surface area (Å²) in [6.07, 6.45) is 5.89. The van der Waals surface area contributed by atoms with E-state index in [1.165, 1.54) is 18.5 Å². The molecule has 0 N–H and O–H groups in total. The quantitative estimate of drug-likeness (QED) is 0.712. The average Bonchev–Trinajstić information content (AvgIpc) is 3.24. The standard InChI is InChI=1S/C21H21FN4O/c22-18-7-5-16(6-8-18)13-17-9-11-25(12-10-17)21(27)19-3-1-2-4-20(19)26-15-23-14-24-26/h1-8,14-15,17H,9-13H2. The Morgan fingerprint density at radius 3 is 2.52 bits per heavy atom. The van der Waals surface area contributed by atoms with E-state index >= 15 is 0 Å². The molecule has 0 spiro atoms. The van der Waals surface area contributed by atoms with Crippen molar-refractivity contribution in [3.8, 4) is 5.69 Å². The molecule has 27 heavy (non-hydrogen) atoms. The number of hydrogen-bond acceptors (Lipinski definition) is 3. The molecule has 1 saturated heterocycles. The molecule has 4 rings (SSSR count). The number of benzene rings is 2. The SMILES string of the molecule is O=C(c1ccccc1-n1cncn1)N1CCC(Cc2ccc(F)cc2)CC1. The number of likely N-dealkylation sites (tertiary alicyclic amines) is 1. The highest BCUT2D eigenvalue weighted by Crippen LogP contribution is 2.24. The van der Waals surface area contributed by atoms with E-state index in [1.54, 1.807) is 11.0 Å². The Balaban J connectivity index is 1.41. The zero-order valence-electron chi connectivity index (χ0n) is 15.0. The lowest BCUT2D eigenvalue weighted by Gasteiger charge is -2.32. The third-order valence-electron chi connectivity index (χ3n) is 5.14. The lowest BCUT2D eigenvalue weighted by Crippen LogP contribution is -2.39. The van der Waals surface area contributed by atoms with Crippen LogP contribution in [0.5, 0.6) is 0 Å². The van der Waals surface area contributed by atoms with E-state index in [0.717, 1.165) is 43.6 Å². The minimum Gasteiger partial charge on any atom is -0.339 e. The van der Waals surface area contributed by atoms with Gasteiger partial charge in [0.15, 0.2) is 0 Å². The summed E-state index contributed by atoms with van der Waals surface area (Å²) < 4.78 is 14.7. The highest BCUT2D eigenvalue weighted by Gasteiger charge is 2.25. The molecule has 1 aliphatic heterocycles. The molecular formula is C21H21FN4O. The number of amides is 1. The van der Waals surface area contributed by atoms with Crippen LogP contribution < -0.4 is 0 Å². The number of piperidine rings is 1. The predicted octanol–water partition coefficient (Wildman–Crippen LogP) is 3.50. The van der Waals surface area contributed by atoms with Gasteiger partial charge in [0, 0.05) is 13.1 Å². The van der Waals surface area contributed by atoms with Crippen LogP contribution in [0.15, 0.2) is 61.2 Å². The van der Waals surface area contributed by atoms with E-state index in [9.17, 15) is 9.18 Å². The van der Waals surface area contributed by atoms with Gasteiger partial charge in [-0.2, -0.15) is 5.10 Å². The molecule has 3 aromatic rings. The first-order valence-corrected chi connectivity index (χ1v) is 9.18. The van der Waals surface area contributed by atoms with Gasteiger partial charge in [0.1, 0.15) is 18.5 Å². The topological polar surface area (TPSA) is 51.0 Å². The Labute approximate surface area is 157 Å². The molecule has 1 aromatic heterocycles. The normalized spacial score (nSPS) is 15.1. The predicted molar refractivity (Wildman–Crippen MR) is 100 cm³/mol.